The Balaban J connectivity index is 2.10. The van der Waals surface area contributed by atoms with Crippen molar-refractivity contribution in [3.8, 4) is 5.75 Å². The van der Waals surface area contributed by atoms with Crippen LogP contribution in [0, 0.1) is 6.92 Å². The molecule has 3 rings (SSSR count). The summed E-state index contributed by atoms with van der Waals surface area (Å²) in [6, 6.07) is 13.2. The highest BCUT2D eigenvalue weighted by molar-refractivity contribution is 5.81. The molecule has 0 atom stereocenters. The Hall–Kier alpha value is -2.49. The molecule has 1 heterocycles. The number of hydrogen-bond acceptors (Lipinski definition) is 2. The van der Waals surface area contributed by atoms with Crippen LogP contribution in [0.2, 0.25) is 0 Å². The van der Waals surface area contributed by atoms with E-state index in [0.29, 0.717) is 17.6 Å². The zero-order valence-electron chi connectivity index (χ0n) is 10.6. The van der Waals surface area contributed by atoms with Crippen molar-refractivity contribution in [1.29, 1.82) is 0 Å². The van der Waals surface area contributed by atoms with Gasteiger partial charge in [-0.15, -0.1) is 0 Å². The summed E-state index contributed by atoms with van der Waals surface area (Å²) < 4.78 is 1.62. The van der Waals surface area contributed by atoms with Crippen LogP contribution in [0.3, 0.4) is 0 Å². The fourth-order valence-corrected chi connectivity index (χ4v) is 2.20. The standard InChI is InChI=1S/C15H14N2O2/c1-10-5-7-11(8-6-10)9-17-12-3-2-4-13(18)14(12)16-15(17)19/h2-8,18H,9H2,1H3,(H,16,19). The van der Waals surface area contributed by atoms with Crippen LogP contribution in [-0.2, 0) is 6.54 Å². The van der Waals surface area contributed by atoms with E-state index in [1.165, 1.54) is 5.56 Å². The number of aryl methyl sites for hydroxylation is 1. The zero-order valence-corrected chi connectivity index (χ0v) is 10.6. The second-order valence-electron chi connectivity index (χ2n) is 4.67. The van der Waals surface area contributed by atoms with Crippen molar-refractivity contribution in [3.63, 3.8) is 0 Å². The first kappa shape index (κ1) is 11.6. The predicted octanol–water partition coefficient (Wildman–Crippen LogP) is 2.39. The Kier molecular flexibility index (Phi) is 2.63. The molecule has 0 unspecified atom stereocenters. The van der Waals surface area contributed by atoms with Crippen LogP contribution >= 0.6 is 0 Å². The lowest BCUT2D eigenvalue weighted by molar-refractivity contribution is 0.480. The number of aromatic amines is 1. The number of nitrogens with one attached hydrogen (secondary N) is 1. The van der Waals surface area contributed by atoms with Gasteiger partial charge in [0.15, 0.2) is 0 Å². The molecule has 96 valence electrons. The molecule has 4 nitrogen and oxygen atoms in total. The Morgan fingerprint density at radius 1 is 1.16 bits per heavy atom. The number of aromatic hydroxyl groups is 1. The quantitative estimate of drug-likeness (QED) is 0.737. The molecule has 19 heavy (non-hydrogen) atoms. The van der Waals surface area contributed by atoms with Crippen LogP contribution in [0.1, 0.15) is 11.1 Å². The lowest BCUT2D eigenvalue weighted by Crippen LogP contribution is -2.17. The number of phenols is 1. The molecule has 0 saturated heterocycles. The monoisotopic (exact) mass is 254 g/mol. The fourth-order valence-electron chi connectivity index (χ4n) is 2.20. The third-order valence-electron chi connectivity index (χ3n) is 3.25. The SMILES string of the molecule is Cc1ccc(Cn2c(=O)[nH]c3c(O)cccc32)cc1. The molecule has 0 bridgehead atoms. The molecule has 4 heteroatoms. The van der Waals surface area contributed by atoms with E-state index in [1.807, 2.05) is 37.3 Å². The molecule has 0 aliphatic carbocycles. The number of rotatable bonds is 2. The number of fused-ring (bicyclic) bond motifs is 1. The van der Waals surface area contributed by atoms with E-state index in [9.17, 15) is 9.90 Å². The molecule has 2 aromatic carbocycles. The van der Waals surface area contributed by atoms with Gasteiger partial charge in [-0.2, -0.15) is 0 Å². The largest absolute Gasteiger partial charge is 0.506 e. The van der Waals surface area contributed by atoms with Crippen molar-refractivity contribution in [2.75, 3.05) is 0 Å². The van der Waals surface area contributed by atoms with Gasteiger partial charge in [0, 0.05) is 0 Å². The zero-order chi connectivity index (χ0) is 13.4. The predicted molar refractivity (Wildman–Crippen MR) is 74.5 cm³/mol. The number of nitrogens with zero attached hydrogens (tertiary/aromatic N) is 1. The highest BCUT2D eigenvalue weighted by Gasteiger charge is 2.09. The van der Waals surface area contributed by atoms with Crippen LogP contribution in [0.25, 0.3) is 11.0 Å². The summed E-state index contributed by atoms with van der Waals surface area (Å²) in [4.78, 5) is 14.6. The minimum atomic E-state index is -0.211. The number of aromatic nitrogens is 2. The van der Waals surface area contributed by atoms with Crippen LogP contribution in [-0.4, -0.2) is 14.7 Å². The van der Waals surface area contributed by atoms with E-state index in [-0.39, 0.29) is 11.4 Å². The lowest BCUT2D eigenvalue weighted by atomic mass is 10.1. The molecule has 2 N–H and O–H groups in total. The van der Waals surface area contributed by atoms with Crippen molar-refractivity contribution in [2.24, 2.45) is 0 Å². The first-order valence-electron chi connectivity index (χ1n) is 6.11. The smallest absolute Gasteiger partial charge is 0.326 e. The molecule has 1 aromatic heterocycles. The normalized spacial score (nSPS) is 11.0. The Labute approximate surface area is 109 Å². The van der Waals surface area contributed by atoms with E-state index in [2.05, 4.69) is 4.98 Å². The topological polar surface area (TPSA) is 58.0 Å². The van der Waals surface area contributed by atoms with E-state index in [0.717, 1.165) is 5.56 Å². The Bertz CT molecular complexity index is 782. The third-order valence-corrected chi connectivity index (χ3v) is 3.25. The molecule has 3 aromatic rings. The van der Waals surface area contributed by atoms with Crippen molar-refractivity contribution >= 4 is 11.0 Å². The van der Waals surface area contributed by atoms with Crippen LogP contribution < -0.4 is 5.69 Å². The van der Waals surface area contributed by atoms with E-state index in [1.54, 1.807) is 16.7 Å². The maximum absolute atomic E-state index is 12.0. The van der Waals surface area contributed by atoms with Crippen LogP contribution in [0.4, 0.5) is 0 Å². The van der Waals surface area contributed by atoms with Gasteiger partial charge >= 0.3 is 5.69 Å². The molecular weight excluding hydrogens is 240 g/mol. The first-order valence-corrected chi connectivity index (χ1v) is 6.11. The highest BCUT2D eigenvalue weighted by Crippen LogP contribution is 2.21. The number of para-hydroxylation sites is 1. The summed E-state index contributed by atoms with van der Waals surface area (Å²) in [5.74, 6) is 0.0947. The second kappa shape index (κ2) is 4.31. The van der Waals surface area contributed by atoms with Crippen molar-refractivity contribution in [3.05, 3.63) is 64.1 Å². The van der Waals surface area contributed by atoms with Gasteiger partial charge < -0.3 is 10.1 Å². The van der Waals surface area contributed by atoms with Gasteiger partial charge in [-0.3, -0.25) is 4.57 Å². The number of phenolic OH excluding ortho intramolecular Hbond substituents is 1. The maximum atomic E-state index is 12.0. The number of benzene rings is 2. The minimum Gasteiger partial charge on any atom is -0.506 e. The summed E-state index contributed by atoms with van der Waals surface area (Å²) in [6.45, 7) is 2.52. The third kappa shape index (κ3) is 2.01. The van der Waals surface area contributed by atoms with E-state index >= 15 is 0 Å². The second-order valence-corrected chi connectivity index (χ2v) is 4.67. The maximum Gasteiger partial charge on any atom is 0.326 e. The van der Waals surface area contributed by atoms with E-state index < -0.39 is 0 Å². The summed E-state index contributed by atoms with van der Waals surface area (Å²) in [5.41, 5.74) is 3.23. The fraction of sp³-hybridized carbons (Fsp3) is 0.133. The molecule has 0 radical (unpaired) electrons. The van der Waals surface area contributed by atoms with Crippen LogP contribution in [0.5, 0.6) is 5.75 Å². The number of imidazole rings is 1. The number of H-pyrrole nitrogens is 1. The highest BCUT2D eigenvalue weighted by atomic mass is 16.3. The van der Waals surface area contributed by atoms with Gasteiger partial charge in [0.25, 0.3) is 0 Å². The van der Waals surface area contributed by atoms with Gasteiger partial charge in [0.2, 0.25) is 0 Å². The van der Waals surface area contributed by atoms with Crippen molar-refractivity contribution in [2.45, 2.75) is 13.5 Å². The molecule has 0 aliphatic heterocycles. The van der Waals surface area contributed by atoms with Gasteiger partial charge in [-0.1, -0.05) is 35.9 Å². The van der Waals surface area contributed by atoms with Gasteiger partial charge in [0.05, 0.1) is 12.1 Å². The molecule has 0 fully saturated rings. The van der Waals surface area contributed by atoms with Crippen LogP contribution in [0.15, 0.2) is 47.3 Å². The molecule has 0 spiro atoms. The van der Waals surface area contributed by atoms with Gasteiger partial charge in [-0.05, 0) is 24.6 Å². The summed E-state index contributed by atoms with van der Waals surface area (Å²) in [7, 11) is 0. The molecule has 0 saturated carbocycles. The van der Waals surface area contributed by atoms with Crippen molar-refractivity contribution in [1.82, 2.24) is 9.55 Å². The average Bonchev–Trinajstić information content (AvgIpc) is 2.71. The van der Waals surface area contributed by atoms with Crippen molar-refractivity contribution < 1.29 is 5.11 Å². The summed E-state index contributed by atoms with van der Waals surface area (Å²) in [5, 5.41) is 9.73. The lowest BCUT2D eigenvalue weighted by Gasteiger charge is -2.04. The summed E-state index contributed by atoms with van der Waals surface area (Å²) in [6.07, 6.45) is 0. The van der Waals surface area contributed by atoms with E-state index in [4.69, 9.17) is 0 Å². The minimum absolute atomic E-state index is 0.0947. The Morgan fingerprint density at radius 3 is 2.63 bits per heavy atom. The molecule has 0 amide bonds. The molecule has 0 aliphatic rings. The van der Waals surface area contributed by atoms with Gasteiger partial charge in [-0.25, -0.2) is 4.79 Å². The molecular formula is C15H14N2O2. The number of hydrogen-bond donors (Lipinski definition) is 2. The van der Waals surface area contributed by atoms with Gasteiger partial charge in [0.1, 0.15) is 11.3 Å². The average molecular weight is 254 g/mol. The first-order chi connectivity index (χ1) is 9.15. The Morgan fingerprint density at radius 2 is 1.89 bits per heavy atom. The summed E-state index contributed by atoms with van der Waals surface area (Å²) >= 11 is 0.